The quantitative estimate of drug-likeness (QED) is 0.692. The maximum Gasteiger partial charge on any atom is 0.274 e. The Kier molecular flexibility index (Phi) is 4.23. The lowest BCUT2D eigenvalue weighted by atomic mass is 10.1. The van der Waals surface area contributed by atoms with E-state index in [-0.39, 0.29) is 19.2 Å². The second-order valence-electron chi connectivity index (χ2n) is 6.95. The molecule has 2 aromatic heterocycles. The molecule has 8 heteroatoms. The standard InChI is InChI=1S/C20H20N4O4/c25-18(23-8-2-1-3-9-23)12-24-10-4-5-15(24)20-21-19(22-28-20)14-6-7-16-17(11-14)27-13-26-16/h4-7,10-11H,1-3,8-9,12-13H2. The van der Waals surface area contributed by atoms with E-state index in [0.717, 1.165) is 37.2 Å². The number of likely N-dealkylation sites (tertiary alicyclic amines) is 1. The summed E-state index contributed by atoms with van der Waals surface area (Å²) >= 11 is 0. The van der Waals surface area contributed by atoms with Crippen LogP contribution in [-0.2, 0) is 11.3 Å². The van der Waals surface area contributed by atoms with Crippen molar-refractivity contribution in [3.63, 3.8) is 0 Å². The van der Waals surface area contributed by atoms with Gasteiger partial charge in [-0.2, -0.15) is 4.98 Å². The first-order valence-electron chi connectivity index (χ1n) is 9.45. The first kappa shape index (κ1) is 16.9. The zero-order valence-corrected chi connectivity index (χ0v) is 15.3. The predicted molar refractivity (Wildman–Crippen MR) is 99.7 cm³/mol. The molecule has 0 bridgehead atoms. The summed E-state index contributed by atoms with van der Waals surface area (Å²) in [6.45, 7) is 2.16. The second kappa shape index (κ2) is 7.03. The molecule has 0 unspecified atom stereocenters. The minimum absolute atomic E-state index is 0.118. The van der Waals surface area contributed by atoms with Crippen LogP contribution >= 0.6 is 0 Å². The molecular weight excluding hydrogens is 360 g/mol. The lowest BCUT2D eigenvalue weighted by molar-refractivity contribution is -0.132. The Morgan fingerprint density at radius 1 is 1.07 bits per heavy atom. The minimum Gasteiger partial charge on any atom is -0.454 e. The Morgan fingerprint density at radius 2 is 1.93 bits per heavy atom. The maximum absolute atomic E-state index is 12.6. The van der Waals surface area contributed by atoms with Crippen LogP contribution in [0.15, 0.2) is 41.1 Å². The molecular formula is C20H20N4O4. The highest BCUT2D eigenvalue weighted by Crippen LogP contribution is 2.35. The molecule has 144 valence electrons. The molecule has 2 aliphatic rings. The van der Waals surface area contributed by atoms with Crippen LogP contribution in [0.1, 0.15) is 19.3 Å². The van der Waals surface area contributed by atoms with Gasteiger partial charge in [0.05, 0.1) is 0 Å². The normalized spacial score (nSPS) is 15.8. The monoisotopic (exact) mass is 380 g/mol. The highest BCUT2D eigenvalue weighted by Gasteiger charge is 2.21. The van der Waals surface area contributed by atoms with Gasteiger partial charge in [-0.15, -0.1) is 0 Å². The average Bonchev–Trinajstić information content (AvgIpc) is 3.48. The summed E-state index contributed by atoms with van der Waals surface area (Å²) in [7, 11) is 0. The Morgan fingerprint density at radius 3 is 2.82 bits per heavy atom. The number of amides is 1. The fraction of sp³-hybridized carbons (Fsp3) is 0.350. The second-order valence-corrected chi connectivity index (χ2v) is 6.95. The third-order valence-corrected chi connectivity index (χ3v) is 5.12. The lowest BCUT2D eigenvalue weighted by Crippen LogP contribution is -2.37. The van der Waals surface area contributed by atoms with Gasteiger partial charge in [-0.1, -0.05) is 5.16 Å². The van der Waals surface area contributed by atoms with Gasteiger partial charge in [-0.25, -0.2) is 0 Å². The lowest BCUT2D eigenvalue weighted by Gasteiger charge is -2.27. The summed E-state index contributed by atoms with van der Waals surface area (Å²) in [6.07, 6.45) is 5.21. The number of rotatable bonds is 4. The molecule has 0 atom stereocenters. The number of benzene rings is 1. The van der Waals surface area contributed by atoms with E-state index in [0.29, 0.717) is 23.2 Å². The van der Waals surface area contributed by atoms with Crippen LogP contribution in [0.5, 0.6) is 11.5 Å². The van der Waals surface area contributed by atoms with Crippen molar-refractivity contribution in [1.29, 1.82) is 0 Å². The van der Waals surface area contributed by atoms with Crippen LogP contribution < -0.4 is 9.47 Å². The van der Waals surface area contributed by atoms with Gasteiger partial charge in [0.15, 0.2) is 11.5 Å². The minimum atomic E-state index is 0.118. The molecule has 0 N–H and O–H groups in total. The van der Waals surface area contributed by atoms with E-state index in [1.807, 2.05) is 46.0 Å². The smallest absolute Gasteiger partial charge is 0.274 e. The Bertz CT molecular complexity index is 1000. The third-order valence-electron chi connectivity index (χ3n) is 5.12. The zero-order chi connectivity index (χ0) is 18.9. The van der Waals surface area contributed by atoms with Crippen molar-refractivity contribution in [3.05, 3.63) is 36.5 Å². The molecule has 4 heterocycles. The van der Waals surface area contributed by atoms with Crippen LogP contribution in [0.3, 0.4) is 0 Å². The van der Waals surface area contributed by atoms with Gasteiger partial charge in [0.1, 0.15) is 12.2 Å². The van der Waals surface area contributed by atoms with Gasteiger partial charge in [0, 0.05) is 24.8 Å². The van der Waals surface area contributed by atoms with Crippen LogP contribution in [0, 0.1) is 0 Å². The molecule has 0 spiro atoms. The summed E-state index contributed by atoms with van der Waals surface area (Å²) < 4.78 is 18.1. The molecule has 8 nitrogen and oxygen atoms in total. The van der Waals surface area contributed by atoms with Gasteiger partial charge in [0.2, 0.25) is 18.5 Å². The molecule has 5 rings (SSSR count). The Hall–Kier alpha value is -3.29. The molecule has 2 aliphatic heterocycles. The third kappa shape index (κ3) is 3.11. The Labute approximate surface area is 161 Å². The van der Waals surface area contributed by atoms with Gasteiger partial charge < -0.3 is 23.5 Å². The van der Waals surface area contributed by atoms with E-state index in [9.17, 15) is 4.79 Å². The molecule has 1 saturated heterocycles. The van der Waals surface area contributed by atoms with E-state index in [1.54, 1.807) is 0 Å². The number of fused-ring (bicyclic) bond motifs is 1. The highest BCUT2D eigenvalue weighted by atomic mass is 16.7. The van der Waals surface area contributed by atoms with Crippen LogP contribution in [0.25, 0.3) is 23.0 Å². The van der Waals surface area contributed by atoms with E-state index >= 15 is 0 Å². The maximum atomic E-state index is 12.6. The van der Waals surface area contributed by atoms with E-state index in [2.05, 4.69) is 10.1 Å². The first-order chi connectivity index (χ1) is 13.8. The van der Waals surface area contributed by atoms with Crippen LogP contribution in [0.2, 0.25) is 0 Å². The summed E-state index contributed by atoms with van der Waals surface area (Å²) in [5.74, 6) is 2.33. The van der Waals surface area contributed by atoms with Crippen molar-refractivity contribution in [2.45, 2.75) is 25.8 Å². The number of ether oxygens (including phenoxy) is 2. The number of carbonyl (C=O) groups is 1. The Balaban J connectivity index is 1.36. The topological polar surface area (TPSA) is 82.6 Å². The highest BCUT2D eigenvalue weighted by molar-refractivity contribution is 5.77. The number of hydrogen-bond acceptors (Lipinski definition) is 6. The van der Waals surface area contributed by atoms with Crippen LogP contribution in [-0.4, -0.2) is 45.4 Å². The fourth-order valence-corrected chi connectivity index (χ4v) is 3.62. The SMILES string of the molecule is O=C(Cn1cccc1-c1nc(-c2ccc3c(c2)OCO3)no1)N1CCCCC1. The van der Waals surface area contributed by atoms with Crippen molar-refractivity contribution in [2.75, 3.05) is 19.9 Å². The predicted octanol–water partition coefficient (Wildman–Crippen LogP) is 2.95. The fourth-order valence-electron chi connectivity index (χ4n) is 3.62. The molecule has 28 heavy (non-hydrogen) atoms. The molecule has 1 amide bonds. The van der Waals surface area contributed by atoms with Crippen molar-refractivity contribution in [1.82, 2.24) is 19.6 Å². The summed E-state index contributed by atoms with van der Waals surface area (Å²) in [4.78, 5) is 19.0. The van der Waals surface area contributed by atoms with Crippen LogP contribution in [0.4, 0.5) is 0 Å². The number of hydrogen-bond donors (Lipinski definition) is 0. The molecule has 1 fully saturated rings. The van der Waals surface area contributed by atoms with E-state index in [4.69, 9.17) is 14.0 Å². The summed E-state index contributed by atoms with van der Waals surface area (Å²) in [6, 6.07) is 9.27. The van der Waals surface area contributed by atoms with Crippen molar-refractivity contribution < 1.29 is 18.8 Å². The van der Waals surface area contributed by atoms with Crippen molar-refractivity contribution in [2.24, 2.45) is 0 Å². The van der Waals surface area contributed by atoms with Gasteiger partial charge in [-0.05, 0) is 49.6 Å². The number of aromatic nitrogens is 3. The van der Waals surface area contributed by atoms with Gasteiger partial charge in [-0.3, -0.25) is 4.79 Å². The molecule has 0 radical (unpaired) electrons. The largest absolute Gasteiger partial charge is 0.454 e. The first-order valence-corrected chi connectivity index (χ1v) is 9.45. The summed E-state index contributed by atoms with van der Waals surface area (Å²) in [5.41, 5.74) is 1.51. The molecule has 1 aromatic carbocycles. The van der Waals surface area contributed by atoms with Crippen molar-refractivity contribution >= 4 is 5.91 Å². The number of piperidine rings is 1. The number of nitrogens with zero attached hydrogens (tertiary/aromatic N) is 4. The van der Waals surface area contributed by atoms with E-state index in [1.165, 1.54) is 6.42 Å². The van der Waals surface area contributed by atoms with Gasteiger partial charge >= 0.3 is 0 Å². The summed E-state index contributed by atoms with van der Waals surface area (Å²) in [5, 5.41) is 4.09. The average molecular weight is 380 g/mol. The van der Waals surface area contributed by atoms with E-state index < -0.39 is 0 Å². The molecule has 3 aromatic rings. The molecule has 0 aliphatic carbocycles. The zero-order valence-electron chi connectivity index (χ0n) is 15.3. The number of carbonyl (C=O) groups excluding carboxylic acids is 1. The molecule has 0 saturated carbocycles. The van der Waals surface area contributed by atoms with Gasteiger partial charge in [0.25, 0.3) is 5.89 Å². The van der Waals surface area contributed by atoms with Crippen molar-refractivity contribution in [3.8, 4) is 34.5 Å².